The fourth-order valence-corrected chi connectivity index (χ4v) is 4.22. The molecule has 0 atom stereocenters. The van der Waals surface area contributed by atoms with E-state index in [1.807, 2.05) is 71.6 Å². The van der Waals surface area contributed by atoms with Crippen molar-refractivity contribution in [1.82, 2.24) is 15.2 Å². The molecule has 8 heteroatoms. The van der Waals surface area contributed by atoms with Gasteiger partial charge in [0.25, 0.3) is 11.1 Å². The lowest BCUT2D eigenvalue weighted by molar-refractivity contribution is -0.123. The van der Waals surface area contributed by atoms with Gasteiger partial charge in [0.15, 0.2) is 0 Å². The minimum Gasteiger partial charge on any atom is -0.353 e. The molecule has 0 spiro atoms. The molecular formula is C25H22N4O3S. The van der Waals surface area contributed by atoms with E-state index in [0.717, 1.165) is 33.6 Å². The Morgan fingerprint density at radius 3 is 2.24 bits per heavy atom. The number of para-hydroxylation sites is 2. The second-order valence-electron chi connectivity index (χ2n) is 7.23. The number of imide groups is 1. The molecule has 1 aromatic heterocycles. The molecule has 7 nitrogen and oxygen atoms in total. The van der Waals surface area contributed by atoms with E-state index in [9.17, 15) is 14.4 Å². The molecule has 1 fully saturated rings. The fourth-order valence-electron chi connectivity index (χ4n) is 3.36. The van der Waals surface area contributed by atoms with E-state index < -0.39 is 0 Å². The third kappa shape index (κ3) is 5.67. The van der Waals surface area contributed by atoms with Gasteiger partial charge in [0, 0.05) is 36.9 Å². The summed E-state index contributed by atoms with van der Waals surface area (Å²) in [5, 5.41) is 2.47. The summed E-state index contributed by atoms with van der Waals surface area (Å²) in [5.41, 5.74) is 2.54. The van der Waals surface area contributed by atoms with Gasteiger partial charge in [-0.25, -0.2) is 0 Å². The predicted octanol–water partition coefficient (Wildman–Crippen LogP) is 4.07. The molecule has 2 heterocycles. The summed E-state index contributed by atoms with van der Waals surface area (Å²) in [6.07, 6.45) is 4.91. The summed E-state index contributed by atoms with van der Waals surface area (Å²) < 4.78 is 0. The van der Waals surface area contributed by atoms with Crippen LogP contribution >= 0.6 is 11.8 Å². The molecule has 2 aromatic carbocycles. The lowest BCUT2D eigenvalue weighted by Crippen LogP contribution is -2.40. The summed E-state index contributed by atoms with van der Waals surface area (Å²) in [7, 11) is 0. The van der Waals surface area contributed by atoms with Gasteiger partial charge in [0.05, 0.1) is 4.91 Å². The molecule has 33 heavy (non-hydrogen) atoms. The molecule has 3 aromatic rings. The maximum Gasteiger partial charge on any atom is 0.293 e. The van der Waals surface area contributed by atoms with Crippen molar-refractivity contribution in [3.05, 3.63) is 95.7 Å². The molecule has 1 saturated heterocycles. The number of benzene rings is 2. The van der Waals surface area contributed by atoms with Crippen LogP contribution in [0.15, 0.2) is 90.1 Å². The Labute approximate surface area is 196 Å². The first-order valence-corrected chi connectivity index (χ1v) is 11.2. The molecule has 1 N–H and O–H groups in total. The van der Waals surface area contributed by atoms with E-state index in [2.05, 4.69) is 10.3 Å². The van der Waals surface area contributed by atoms with Crippen LogP contribution in [0.5, 0.6) is 0 Å². The number of pyridine rings is 1. The first-order valence-electron chi connectivity index (χ1n) is 10.4. The summed E-state index contributed by atoms with van der Waals surface area (Å²) in [5.74, 6) is -0.570. The highest BCUT2D eigenvalue weighted by Crippen LogP contribution is 2.31. The van der Waals surface area contributed by atoms with Gasteiger partial charge in [0.1, 0.15) is 6.54 Å². The van der Waals surface area contributed by atoms with E-state index in [0.29, 0.717) is 4.91 Å². The molecule has 1 aliphatic heterocycles. The SMILES string of the molecule is O=C(CN(c1ccccc1)c1ccccc1)NCCN1C(=O)SC(=Cc2cccnc2)C1=O. The second-order valence-corrected chi connectivity index (χ2v) is 8.22. The summed E-state index contributed by atoms with van der Waals surface area (Å²) >= 11 is 0.890. The molecule has 0 radical (unpaired) electrons. The third-order valence-electron chi connectivity index (χ3n) is 4.95. The fraction of sp³-hybridized carbons (Fsp3) is 0.120. The molecule has 4 rings (SSSR count). The maximum absolute atomic E-state index is 12.7. The van der Waals surface area contributed by atoms with Crippen molar-refractivity contribution in [2.45, 2.75) is 0 Å². The zero-order valence-electron chi connectivity index (χ0n) is 17.8. The van der Waals surface area contributed by atoms with Crippen LogP contribution in [-0.4, -0.2) is 46.6 Å². The highest BCUT2D eigenvalue weighted by atomic mass is 32.2. The van der Waals surface area contributed by atoms with Crippen LogP contribution in [0.1, 0.15) is 5.56 Å². The van der Waals surface area contributed by atoms with E-state index in [1.54, 1.807) is 24.5 Å². The number of amides is 3. The van der Waals surface area contributed by atoms with E-state index in [4.69, 9.17) is 0 Å². The van der Waals surface area contributed by atoms with Crippen LogP contribution in [0.4, 0.5) is 16.2 Å². The minimum atomic E-state index is -0.363. The van der Waals surface area contributed by atoms with E-state index in [1.165, 1.54) is 0 Å². The Morgan fingerprint density at radius 1 is 0.970 bits per heavy atom. The number of hydrogen-bond donors (Lipinski definition) is 1. The van der Waals surface area contributed by atoms with Crippen molar-refractivity contribution in [2.75, 3.05) is 24.5 Å². The third-order valence-corrected chi connectivity index (χ3v) is 5.86. The van der Waals surface area contributed by atoms with Crippen molar-refractivity contribution in [2.24, 2.45) is 0 Å². The van der Waals surface area contributed by atoms with Gasteiger partial charge in [0.2, 0.25) is 5.91 Å². The van der Waals surface area contributed by atoms with Gasteiger partial charge >= 0.3 is 0 Å². The molecular weight excluding hydrogens is 436 g/mol. The Kier molecular flexibility index (Phi) is 7.16. The number of nitrogens with zero attached hydrogens (tertiary/aromatic N) is 3. The first kappa shape index (κ1) is 22.3. The molecule has 1 aliphatic rings. The maximum atomic E-state index is 12.7. The Hall–Kier alpha value is -3.91. The van der Waals surface area contributed by atoms with Gasteiger partial charge < -0.3 is 10.2 Å². The van der Waals surface area contributed by atoms with Crippen molar-refractivity contribution < 1.29 is 14.4 Å². The van der Waals surface area contributed by atoms with Gasteiger partial charge in [-0.05, 0) is 53.7 Å². The molecule has 3 amide bonds. The van der Waals surface area contributed by atoms with Crippen LogP contribution in [0.3, 0.4) is 0 Å². The zero-order valence-corrected chi connectivity index (χ0v) is 18.6. The molecule has 0 aliphatic carbocycles. The quantitative estimate of drug-likeness (QED) is 0.513. The van der Waals surface area contributed by atoms with E-state index >= 15 is 0 Å². The number of rotatable bonds is 8. The van der Waals surface area contributed by atoms with Crippen LogP contribution in [0.2, 0.25) is 0 Å². The highest BCUT2D eigenvalue weighted by molar-refractivity contribution is 8.18. The Balaban J connectivity index is 1.35. The molecule has 0 unspecified atom stereocenters. The second kappa shape index (κ2) is 10.6. The average molecular weight is 459 g/mol. The van der Waals surface area contributed by atoms with Crippen LogP contribution in [0, 0.1) is 0 Å². The lowest BCUT2D eigenvalue weighted by Gasteiger charge is -2.24. The molecule has 166 valence electrons. The first-order chi connectivity index (χ1) is 16.1. The summed E-state index contributed by atoms with van der Waals surface area (Å²) in [6.45, 7) is 0.392. The van der Waals surface area contributed by atoms with Gasteiger partial charge in [-0.15, -0.1) is 0 Å². The van der Waals surface area contributed by atoms with Crippen LogP contribution in [-0.2, 0) is 9.59 Å². The minimum absolute atomic E-state index is 0.108. The van der Waals surface area contributed by atoms with Crippen molar-refractivity contribution in [1.29, 1.82) is 0 Å². The average Bonchev–Trinajstić information content (AvgIpc) is 3.11. The van der Waals surface area contributed by atoms with Crippen molar-refractivity contribution in [3.8, 4) is 0 Å². The number of nitrogens with one attached hydrogen (secondary N) is 1. The van der Waals surface area contributed by atoms with Gasteiger partial charge in [-0.2, -0.15) is 0 Å². The number of aromatic nitrogens is 1. The Morgan fingerprint density at radius 2 is 1.64 bits per heavy atom. The van der Waals surface area contributed by atoms with Crippen molar-refractivity contribution in [3.63, 3.8) is 0 Å². The largest absolute Gasteiger partial charge is 0.353 e. The summed E-state index contributed by atoms with van der Waals surface area (Å²) in [6, 6.07) is 22.9. The normalized spacial score (nSPS) is 14.5. The zero-order chi connectivity index (χ0) is 23.0. The van der Waals surface area contributed by atoms with Crippen LogP contribution < -0.4 is 10.2 Å². The molecule has 0 bridgehead atoms. The Bertz CT molecular complexity index is 1110. The van der Waals surface area contributed by atoms with Gasteiger partial charge in [-0.3, -0.25) is 24.3 Å². The number of thioether (sulfide) groups is 1. The van der Waals surface area contributed by atoms with Gasteiger partial charge in [-0.1, -0.05) is 42.5 Å². The number of carbonyl (C=O) groups is 3. The highest BCUT2D eigenvalue weighted by Gasteiger charge is 2.34. The van der Waals surface area contributed by atoms with Crippen molar-refractivity contribution >= 4 is 46.3 Å². The summed E-state index contributed by atoms with van der Waals surface area (Å²) in [4.78, 5) is 45.0. The number of carbonyl (C=O) groups excluding carboxylic acids is 3. The smallest absolute Gasteiger partial charge is 0.293 e. The van der Waals surface area contributed by atoms with E-state index in [-0.39, 0.29) is 36.7 Å². The predicted molar refractivity (Wildman–Crippen MR) is 130 cm³/mol. The number of anilines is 2. The lowest BCUT2D eigenvalue weighted by atomic mass is 10.2. The monoisotopic (exact) mass is 458 g/mol. The molecule has 0 saturated carbocycles. The topological polar surface area (TPSA) is 82.6 Å². The standard InChI is InChI=1S/C25H22N4O3S/c30-23(18-29(20-9-3-1-4-10-20)21-11-5-2-6-12-21)27-14-15-28-24(31)22(33-25(28)32)16-19-8-7-13-26-17-19/h1-13,16-17H,14-15,18H2,(H,27,30). The number of hydrogen-bond acceptors (Lipinski definition) is 6. The van der Waals surface area contributed by atoms with Crippen LogP contribution in [0.25, 0.3) is 6.08 Å².